The second-order valence-electron chi connectivity index (χ2n) is 6.14. The second-order valence-corrected chi connectivity index (χ2v) is 6.14. The topological polar surface area (TPSA) is 70.7 Å². The van der Waals surface area contributed by atoms with Gasteiger partial charge in [-0.2, -0.15) is 0 Å². The predicted octanol–water partition coefficient (Wildman–Crippen LogP) is 2.52. The minimum atomic E-state index is -0.148. The van der Waals surface area contributed by atoms with Crippen molar-refractivity contribution in [2.24, 2.45) is 0 Å². The summed E-state index contributed by atoms with van der Waals surface area (Å²) in [5.74, 6) is -0.116. The summed E-state index contributed by atoms with van der Waals surface area (Å²) in [5.41, 5.74) is 1.67. The first-order valence-electron chi connectivity index (χ1n) is 7.93. The highest BCUT2D eigenvalue weighted by Crippen LogP contribution is 2.18. The van der Waals surface area contributed by atoms with Crippen molar-refractivity contribution in [3.8, 4) is 0 Å². The summed E-state index contributed by atoms with van der Waals surface area (Å²) in [6, 6.07) is 7.25. The third-order valence-electron chi connectivity index (χ3n) is 3.75. The highest BCUT2D eigenvalue weighted by atomic mass is 16.5. The molecule has 0 aliphatic carbocycles. The largest absolute Gasteiger partial charge is 0.372 e. The van der Waals surface area contributed by atoms with Crippen LogP contribution in [0.5, 0.6) is 0 Å². The summed E-state index contributed by atoms with van der Waals surface area (Å²) >= 11 is 0. The zero-order chi connectivity index (χ0) is 17.0. The Morgan fingerprint density at radius 1 is 1.26 bits per heavy atom. The average molecular weight is 319 g/mol. The second kappa shape index (κ2) is 7.46. The van der Waals surface area contributed by atoms with E-state index in [4.69, 9.17) is 4.74 Å². The Balaban J connectivity index is 1.99. The molecule has 0 bridgehead atoms. The summed E-state index contributed by atoms with van der Waals surface area (Å²) < 4.78 is 5.65. The lowest BCUT2D eigenvalue weighted by Gasteiger charge is -2.35. The van der Waals surface area contributed by atoms with Gasteiger partial charge in [-0.25, -0.2) is 4.79 Å². The smallest absolute Gasteiger partial charge is 0.318 e. The van der Waals surface area contributed by atoms with E-state index in [0.717, 1.165) is 11.3 Å². The van der Waals surface area contributed by atoms with Gasteiger partial charge in [-0.3, -0.25) is 4.79 Å². The summed E-state index contributed by atoms with van der Waals surface area (Å²) in [7, 11) is 0. The first-order chi connectivity index (χ1) is 10.8. The van der Waals surface area contributed by atoms with Crippen LogP contribution in [-0.2, 0) is 9.53 Å². The summed E-state index contributed by atoms with van der Waals surface area (Å²) in [5, 5.41) is 5.76. The maximum absolute atomic E-state index is 12.4. The Bertz CT molecular complexity index is 566. The number of amides is 3. The number of carbonyl (C=O) groups is 2. The molecule has 0 saturated carbocycles. The van der Waals surface area contributed by atoms with Crippen LogP contribution in [0.15, 0.2) is 24.3 Å². The molecular weight excluding hydrogens is 294 g/mol. The number of anilines is 1. The van der Waals surface area contributed by atoms with Crippen LogP contribution in [0, 0.1) is 0 Å². The number of carbonyl (C=O) groups excluding carboxylic acids is 2. The Morgan fingerprint density at radius 2 is 1.91 bits per heavy atom. The fraction of sp³-hybridized carbons (Fsp3) is 0.529. The molecule has 1 saturated heterocycles. The fourth-order valence-electron chi connectivity index (χ4n) is 2.79. The van der Waals surface area contributed by atoms with E-state index in [2.05, 4.69) is 10.6 Å². The van der Waals surface area contributed by atoms with Crippen LogP contribution in [0.2, 0.25) is 0 Å². The zero-order valence-electron chi connectivity index (χ0n) is 14.1. The standard InChI is InChI=1S/C17H25N3O3/c1-11-9-20(10-12(2)23-11)17(22)18-13(3)15-6-5-7-16(8-15)19-14(4)21/h5-8,11-13H,9-10H2,1-4H3,(H,18,22)(H,19,21)/t11-,12-,13+/m1/s1. The summed E-state index contributed by atoms with van der Waals surface area (Å²) in [6.45, 7) is 8.52. The number of benzene rings is 1. The van der Waals surface area contributed by atoms with E-state index in [1.807, 2.05) is 45.0 Å². The van der Waals surface area contributed by atoms with E-state index in [9.17, 15) is 9.59 Å². The van der Waals surface area contributed by atoms with Crippen molar-refractivity contribution in [2.45, 2.75) is 45.9 Å². The minimum absolute atomic E-state index is 0.0444. The number of hydrogen-bond acceptors (Lipinski definition) is 3. The number of nitrogens with one attached hydrogen (secondary N) is 2. The first kappa shape index (κ1) is 17.3. The maximum atomic E-state index is 12.4. The molecular formula is C17H25N3O3. The number of morpholine rings is 1. The zero-order valence-corrected chi connectivity index (χ0v) is 14.1. The van der Waals surface area contributed by atoms with Gasteiger partial charge in [0, 0.05) is 25.7 Å². The van der Waals surface area contributed by atoms with Crippen LogP contribution in [0.1, 0.15) is 39.3 Å². The van der Waals surface area contributed by atoms with Gasteiger partial charge in [0.25, 0.3) is 0 Å². The lowest BCUT2D eigenvalue weighted by atomic mass is 10.1. The third-order valence-corrected chi connectivity index (χ3v) is 3.75. The Morgan fingerprint density at radius 3 is 2.52 bits per heavy atom. The molecule has 1 aromatic carbocycles. The van der Waals surface area contributed by atoms with Gasteiger partial charge in [-0.15, -0.1) is 0 Å². The van der Waals surface area contributed by atoms with E-state index < -0.39 is 0 Å². The van der Waals surface area contributed by atoms with Crippen LogP contribution in [-0.4, -0.2) is 42.1 Å². The van der Waals surface area contributed by atoms with Gasteiger partial charge < -0.3 is 20.3 Å². The Kier molecular flexibility index (Phi) is 5.60. The van der Waals surface area contributed by atoms with Gasteiger partial charge >= 0.3 is 6.03 Å². The van der Waals surface area contributed by atoms with Crippen LogP contribution in [0.25, 0.3) is 0 Å². The number of rotatable bonds is 3. The Labute approximate surface area is 137 Å². The molecule has 1 heterocycles. The molecule has 1 aromatic rings. The lowest BCUT2D eigenvalue weighted by molar-refractivity contribution is -0.114. The maximum Gasteiger partial charge on any atom is 0.318 e. The quantitative estimate of drug-likeness (QED) is 0.899. The molecule has 2 N–H and O–H groups in total. The van der Waals surface area contributed by atoms with E-state index in [-0.39, 0.29) is 30.2 Å². The molecule has 23 heavy (non-hydrogen) atoms. The van der Waals surface area contributed by atoms with Crippen molar-refractivity contribution in [1.82, 2.24) is 10.2 Å². The third kappa shape index (κ3) is 4.96. The van der Waals surface area contributed by atoms with Crippen LogP contribution >= 0.6 is 0 Å². The molecule has 0 radical (unpaired) electrons. The van der Waals surface area contributed by atoms with Crippen molar-refractivity contribution in [2.75, 3.05) is 18.4 Å². The molecule has 3 amide bonds. The summed E-state index contributed by atoms with van der Waals surface area (Å²) in [6.07, 6.45) is 0.0887. The molecule has 0 unspecified atom stereocenters. The molecule has 126 valence electrons. The van der Waals surface area contributed by atoms with Crippen molar-refractivity contribution >= 4 is 17.6 Å². The van der Waals surface area contributed by atoms with Gasteiger partial charge in [0.15, 0.2) is 0 Å². The molecule has 2 rings (SSSR count). The van der Waals surface area contributed by atoms with Gasteiger partial charge in [-0.1, -0.05) is 12.1 Å². The van der Waals surface area contributed by atoms with E-state index in [1.54, 1.807) is 4.90 Å². The highest BCUT2D eigenvalue weighted by molar-refractivity contribution is 5.88. The predicted molar refractivity (Wildman–Crippen MR) is 89.3 cm³/mol. The number of ether oxygens (including phenoxy) is 1. The first-order valence-corrected chi connectivity index (χ1v) is 7.93. The van der Waals surface area contributed by atoms with Crippen molar-refractivity contribution < 1.29 is 14.3 Å². The van der Waals surface area contributed by atoms with E-state index in [1.165, 1.54) is 6.92 Å². The molecule has 0 aromatic heterocycles. The van der Waals surface area contributed by atoms with Crippen molar-refractivity contribution in [1.29, 1.82) is 0 Å². The van der Waals surface area contributed by atoms with Crippen molar-refractivity contribution in [3.05, 3.63) is 29.8 Å². The molecule has 0 spiro atoms. The summed E-state index contributed by atoms with van der Waals surface area (Å²) in [4.78, 5) is 25.4. The van der Waals surface area contributed by atoms with Crippen LogP contribution in [0.3, 0.4) is 0 Å². The highest BCUT2D eigenvalue weighted by Gasteiger charge is 2.26. The molecule has 1 aliphatic rings. The fourth-order valence-corrected chi connectivity index (χ4v) is 2.79. The monoisotopic (exact) mass is 319 g/mol. The Hall–Kier alpha value is -2.08. The van der Waals surface area contributed by atoms with Crippen LogP contribution in [0.4, 0.5) is 10.5 Å². The molecule has 3 atom stereocenters. The molecule has 1 aliphatic heterocycles. The van der Waals surface area contributed by atoms with E-state index >= 15 is 0 Å². The number of hydrogen-bond donors (Lipinski definition) is 2. The van der Waals surface area contributed by atoms with Gasteiger partial charge in [0.2, 0.25) is 5.91 Å². The normalized spacial score (nSPS) is 22.3. The van der Waals surface area contributed by atoms with Gasteiger partial charge in [0.1, 0.15) is 0 Å². The SMILES string of the molecule is CC(=O)Nc1cccc([C@H](C)NC(=O)N2C[C@@H](C)O[C@H](C)C2)c1. The van der Waals surface area contributed by atoms with E-state index in [0.29, 0.717) is 13.1 Å². The molecule has 6 nitrogen and oxygen atoms in total. The lowest BCUT2D eigenvalue weighted by Crippen LogP contribution is -2.52. The minimum Gasteiger partial charge on any atom is -0.372 e. The number of urea groups is 1. The van der Waals surface area contributed by atoms with Gasteiger partial charge in [0.05, 0.1) is 18.2 Å². The molecule has 6 heteroatoms. The average Bonchev–Trinajstić information content (AvgIpc) is 2.45. The van der Waals surface area contributed by atoms with Crippen molar-refractivity contribution in [3.63, 3.8) is 0 Å². The van der Waals surface area contributed by atoms with Crippen LogP contribution < -0.4 is 10.6 Å². The molecule has 1 fully saturated rings. The number of nitrogens with zero attached hydrogens (tertiary/aromatic N) is 1. The van der Waals surface area contributed by atoms with Gasteiger partial charge in [-0.05, 0) is 38.5 Å².